The zero-order chi connectivity index (χ0) is 41.0. The summed E-state index contributed by atoms with van der Waals surface area (Å²) in [5, 5.41) is 10.7. The number of hydrogen-bond acceptors (Lipinski definition) is 5. The number of rotatable bonds is 4. The van der Waals surface area contributed by atoms with Crippen LogP contribution in [0.1, 0.15) is 31.9 Å². The fraction of sp³-hybridized carbons (Fsp3) is 0.0909. The van der Waals surface area contributed by atoms with Crippen molar-refractivity contribution < 1.29 is 13.9 Å². The van der Waals surface area contributed by atoms with E-state index in [1.165, 1.54) is 11.1 Å². The van der Waals surface area contributed by atoms with E-state index in [0.717, 1.165) is 94.0 Å². The van der Waals surface area contributed by atoms with Crippen LogP contribution in [-0.4, -0.2) is 7.28 Å². The SMILES string of the molecule is Cc1cc(C(C)(C)C)ccc1N1c2cc3c(cc2[B]c2c(-c4c(Nc5cccc6c5oc5ccccc56)ccc5ccccc45)cc4ccccc4c21)Oc1ccccc1O3. The normalized spacial score (nSPS) is 13.0. The number of furan rings is 1. The van der Waals surface area contributed by atoms with Crippen molar-refractivity contribution in [1.29, 1.82) is 0 Å². The molecule has 2 aliphatic heterocycles. The monoisotopic (exact) mass is 787 g/mol. The lowest BCUT2D eigenvalue weighted by molar-refractivity contribution is 0.360. The fourth-order valence-electron chi connectivity index (χ4n) is 9.38. The molecule has 61 heavy (non-hydrogen) atoms. The molecule has 2 aliphatic rings. The summed E-state index contributed by atoms with van der Waals surface area (Å²) in [6.07, 6.45) is 0. The Morgan fingerprint density at radius 3 is 2.02 bits per heavy atom. The molecule has 0 fully saturated rings. The van der Waals surface area contributed by atoms with Crippen LogP contribution in [0.25, 0.3) is 54.6 Å². The van der Waals surface area contributed by atoms with Gasteiger partial charge in [-0.25, -0.2) is 0 Å². The van der Waals surface area contributed by atoms with Gasteiger partial charge in [-0.1, -0.05) is 135 Å². The molecule has 9 aromatic carbocycles. The maximum Gasteiger partial charge on any atom is 0.198 e. The highest BCUT2D eigenvalue weighted by Gasteiger charge is 2.34. The predicted molar refractivity (Wildman–Crippen MR) is 254 cm³/mol. The Hall–Kier alpha value is -7.44. The standard InChI is InChI=1S/C55H40BN2O3/c1-32-28-35(55(2,3)4)25-27-44(32)58-45-31-50-49(59-47-22-11-12-23-48(47)60-50)30-41(45)56-52-40(29-34-15-6-8-17-37(34)53(52)58)51-36-16-7-5-14-33(36)24-26-42(51)57-43-20-13-19-39-38-18-9-10-21-46(38)61-54(39)43/h5-31,57H,1-4H3. The van der Waals surface area contributed by atoms with Gasteiger partial charge in [-0.05, 0) is 99.2 Å². The Balaban J connectivity index is 1.13. The van der Waals surface area contributed by atoms with Crippen LogP contribution in [0.2, 0.25) is 0 Å². The first kappa shape index (κ1) is 35.5. The molecule has 0 aliphatic carbocycles. The number of nitrogens with one attached hydrogen (secondary N) is 1. The Morgan fingerprint density at radius 2 is 1.23 bits per heavy atom. The summed E-state index contributed by atoms with van der Waals surface area (Å²) in [4.78, 5) is 2.45. The van der Waals surface area contributed by atoms with Crippen LogP contribution in [0.5, 0.6) is 23.0 Å². The Labute approximate surface area is 355 Å². The third-order valence-electron chi connectivity index (χ3n) is 12.4. The minimum Gasteiger partial charge on any atom is -0.454 e. The van der Waals surface area contributed by atoms with E-state index in [0.29, 0.717) is 23.0 Å². The molecule has 0 bridgehead atoms. The molecular weight excluding hydrogens is 747 g/mol. The van der Waals surface area contributed by atoms with Crippen LogP contribution in [-0.2, 0) is 5.41 Å². The molecule has 0 unspecified atom stereocenters. The average Bonchev–Trinajstić information content (AvgIpc) is 3.66. The van der Waals surface area contributed by atoms with Crippen LogP contribution in [0, 0.1) is 6.92 Å². The lowest BCUT2D eigenvalue weighted by atomic mass is 9.57. The van der Waals surface area contributed by atoms with Crippen molar-refractivity contribution in [2.45, 2.75) is 33.1 Å². The van der Waals surface area contributed by atoms with Gasteiger partial charge in [0, 0.05) is 50.5 Å². The van der Waals surface area contributed by atoms with Gasteiger partial charge in [-0.3, -0.25) is 0 Å². The van der Waals surface area contributed by atoms with Crippen LogP contribution in [0.4, 0.5) is 28.4 Å². The number of benzene rings is 9. The van der Waals surface area contributed by atoms with Crippen molar-refractivity contribution in [2.75, 3.05) is 10.2 Å². The van der Waals surface area contributed by atoms with E-state index < -0.39 is 0 Å². The summed E-state index contributed by atoms with van der Waals surface area (Å²) >= 11 is 0. The van der Waals surface area contributed by atoms with Crippen LogP contribution >= 0.6 is 0 Å². The van der Waals surface area contributed by atoms with Crippen molar-refractivity contribution >= 4 is 90.1 Å². The summed E-state index contributed by atoms with van der Waals surface area (Å²) in [5.74, 6) is 2.78. The topological polar surface area (TPSA) is 46.9 Å². The molecule has 5 nitrogen and oxygen atoms in total. The zero-order valence-corrected chi connectivity index (χ0v) is 34.3. The molecule has 3 heterocycles. The third-order valence-corrected chi connectivity index (χ3v) is 12.4. The van der Waals surface area contributed by atoms with Crippen molar-refractivity contribution in [3.05, 3.63) is 175 Å². The maximum absolute atomic E-state index is 6.58. The highest BCUT2D eigenvalue weighted by atomic mass is 16.6. The van der Waals surface area contributed by atoms with Crippen molar-refractivity contribution in [3.63, 3.8) is 0 Å². The van der Waals surface area contributed by atoms with E-state index in [9.17, 15) is 0 Å². The average molecular weight is 788 g/mol. The summed E-state index contributed by atoms with van der Waals surface area (Å²) < 4.78 is 19.7. The van der Waals surface area contributed by atoms with Gasteiger partial charge in [0.25, 0.3) is 0 Å². The highest BCUT2D eigenvalue weighted by molar-refractivity contribution is 6.74. The molecule has 1 radical (unpaired) electrons. The summed E-state index contributed by atoms with van der Waals surface area (Å²) in [6.45, 7) is 9.04. The van der Waals surface area contributed by atoms with Gasteiger partial charge in [-0.2, -0.15) is 0 Å². The number of hydrogen-bond donors (Lipinski definition) is 1. The third kappa shape index (κ3) is 5.63. The van der Waals surface area contributed by atoms with Gasteiger partial charge >= 0.3 is 0 Å². The van der Waals surface area contributed by atoms with Crippen LogP contribution < -0.4 is 30.6 Å². The first-order valence-corrected chi connectivity index (χ1v) is 20.9. The van der Waals surface area contributed by atoms with E-state index in [1.54, 1.807) is 0 Å². The summed E-state index contributed by atoms with van der Waals surface area (Å²) in [5.41, 5.74) is 13.7. The number of ether oxygens (including phenoxy) is 2. The second-order valence-corrected chi connectivity index (χ2v) is 17.3. The maximum atomic E-state index is 6.58. The Kier molecular flexibility index (Phi) is 7.73. The molecule has 0 amide bonds. The minimum absolute atomic E-state index is 0.00322. The quantitative estimate of drug-likeness (QED) is 0.180. The molecule has 12 rings (SSSR count). The molecule has 0 atom stereocenters. The summed E-state index contributed by atoms with van der Waals surface area (Å²) in [7, 11) is 2.34. The Morgan fingerprint density at radius 1 is 0.541 bits per heavy atom. The molecule has 6 heteroatoms. The smallest absolute Gasteiger partial charge is 0.198 e. The fourth-order valence-corrected chi connectivity index (χ4v) is 9.38. The van der Waals surface area contributed by atoms with Crippen molar-refractivity contribution in [3.8, 4) is 34.1 Å². The van der Waals surface area contributed by atoms with Gasteiger partial charge in [0.2, 0.25) is 0 Å². The van der Waals surface area contributed by atoms with Gasteiger partial charge < -0.3 is 24.1 Å². The van der Waals surface area contributed by atoms with Gasteiger partial charge in [0.05, 0.1) is 5.69 Å². The molecule has 1 N–H and O–H groups in total. The molecule has 10 aromatic rings. The zero-order valence-electron chi connectivity index (χ0n) is 34.3. The largest absolute Gasteiger partial charge is 0.454 e. The molecule has 0 saturated carbocycles. The Bertz CT molecular complexity index is 3450. The predicted octanol–water partition coefficient (Wildman–Crippen LogP) is 14.2. The highest BCUT2D eigenvalue weighted by Crippen LogP contribution is 2.51. The number of aryl methyl sites for hydroxylation is 1. The van der Waals surface area contributed by atoms with E-state index in [-0.39, 0.29) is 5.41 Å². The first-order valence-electron chi connectivity index (χ1n) is 20.9. The van der Waals surface area contributed by atoms with E-state index in [1.807, 2.05) is 36.4 Å². The van der Waals surface area contributed by atoms with Gasteiger partial charge in [0.1, 0.15) is 5.58 Å². The number of fused-ring (bicyclic) bond motifs is 10. The number of anilines is 5. The molecule has 0 spiro atoms. The number of nitrogens with zero attached hydrogens (tertiary/aromatic N) is 1. The molecule has 0 saturated heterocycles. The van der Waals surface area contributed by atoms with Crippen molar-refractivity contribution in [2.24, 2.45) is 0 Å². The summed E-state index contributed by atoms with van der Waals surface area (Å²) in [6, 6.07) is 57.9. The molecular formula is C55H40BN2O3. The number of para-hydroxylation sites is 4. The second-order valence-electron chi connectivity index (χ2n) is 17.3. The van der Waals surface area contributed by atoms with Crippen LogP contribution in [0.15, 0.2) is 168 Å². The van der Waals surface area contributed by atoms with E-state index in [2.05, 4.69) is 173 Å². The van der Waals surface area contributed by atoms with E-state index in [4.69, 9.17) is 13.9 Å². The van der Waals surface area contributed by atoms with E-state index >= 15 is 0 Å². The second kappa shape index (κ2) is 13.3. The minimum atomic E-state index is -0.00322. The lowest BCUT2D eigenvalue weighted by Crippen LogP contribution is -2.41. The van der Waals surface area contributed by atoms with Crippen molar-refractivity contribution in [1.82, 2.24) is 0 Å². The van der Waals surface area contributed by atoms with Gasteiger partial charge in [-0.15, -0.1) is 0 Å². The molecule has 1 aromatic heterocycles. The lowest BCUT2D eigenvalue weighted by Gasteiger charge is -2.38. The first-order chi connectivity index (χ1) is 29.8. The molecule has 291 valence electrons. The van der Waals surface area contributed by atoms with Crippen LogP contribution in [0.3, 0.4) is 0 Å². The van der Waals surface area contributed by atoms with Gasteiger partial charge in [0.15, 0.2) is 35.9 Å².